The summed E-state index contributed by atoms with van der Waals surface area (Å²) in [6, 6.07) is 7.23. The molecule has 5 heteroatoms. The summed E-state index contributed by atoms with van der Waals surface area (Å²) < 4.78 is 10.7. The van der Waals surface area contributed by atoms with E-state index in [1.54, 1.807) is 24.1 Å². The first-order chi connectivity index (χ1) is 8.76. The van der Waals surface area contributed by atoms with Gasteiger partial charge in [0.25, 0.3) is 5.91 Å². The fourth-order valence-electron chi connectivity index (χ4n) is 2.04. The Kier molecular flexibility index (Phi) is 4.17. The third-order valence-electron chi connectivity index (χ3n) is 3.03. The van der Waals surface area contributed by atoms with Gasteiger partial charge in [0.1, 0.15) is 5.75 Å². The van der Waals surface area contributed by atoms with Crippen LogP contribution in [-0.2, 0) is 4.74 Å². The maximum Gasteiger partial charge on any atom is 0.257 e. The first-order valence-electron chi connectivity index (χ1n) is 6.00. The van der Waals surface area contributed by atoms with Crippen molar-refractivity contribution in [1.82, 2.24) is 4.90 Å². The number of nitrogens with zero attached hydrogens (tertiary/aromatic N) is 1. The Morgan fingerprint density at radius 2 is 2.33 bits per heavy atom. The van der Waals surface area contributed by atoms with Gasteiger partial charge in [0.05, 0.1) is 25.4 Å². The average molecular weight is 250 g/mol. The van der Waals surface area contributed by atoms with E-state index in [1.165, 1.54) is 0 Å². The van der Waals surface area contributed by atoms with Crippen molar-refractivity contribution in [2.24, 2.45) is 5.73 Å². The van der Waals surface area contributed by atoms with Crippen molar-refractivity contribution in [3.8, 4) is 5.75 Å². The number of nitrogens with two attached hydrogens (primary N) is 1. The van der Waals surface area contributed by atoms with E-state index in [4.69, 9.17) is 15.2 Å². The SMILES string of the molecule is COc1ccccc1C(=O)N1CCOC(CN)C1. The highest BCUT2D eigenvalue weighted by molar-refractivity contribution is 5.97. The van der Waals surface area contributed by atoms with E-state index in [1.807, 2.05) is 12.1 Å². The number of amides is 1. The van der Waals surface area contributed by atoms with Crippen LogP contribution in [0.5, 0.6) is 5.75 Å². The molecule has 2 rings (SSSR count). The number of carbonyl (C=O) groups is 1. The molecule has 0 radical (unpaired) electrons. The fourth-order valence-corrected chi connectivity index (χ4v) is 2.04. The lowest BCUT2D eigenvalue weighted by atomic mass is 10.1. The molecule has 5 nitrogen and oxygen atoms in total. The molecule has 0 bridgehead atoms. The first kappa shape index (κ1) is 12.9. The lowest BCUT2D eigenvalue weighted by Crippen LogP contribution is -2.48. The predicted octanol–water partition coefficient (Wildman–Crippen LogP) is 0.495. The lowest BCUT2D eigenvalue weighted by Gasteiger charge is -2.32. The number of ether oxygens (including phenoxy) is 2. The molecule has 0 spiro atoms. The molecule has 18 heavy (non-hydrogen) atoms. The average Bonchev–Trinajstić information content (AvgIpc) is 2.46. The zero-order valence-corrected chi connectivity index (χ0v) is 10.5. The van der Waals surface area contributed by atoms with E-state index in [9.17, 15) is 4.79 Å². The van der Waals surface area contributed by atoms with E-state index in [0.717, 1.165) is 0 Å². The van der Waals surface area contributed by atoms with Crippen molar-refractivity contribution in [2.75, 3.05) is 33.4 Å². The van der Waals surface area contributed by atoms with Crippen molar-refractivity contribution in [1.29, 1.82) is 0 Å². The Hall–Kier alpha value is -1.59. The van der Waals surface area contributed by atoms with Gasteiger partial charge in [0.2, 0.25) is 0 Å². The van der Waals surface area contributed by atoms with Crippen LogP contribution in [0.25, 0.3) is 0 Å². The van der Waals surface area contributed by atoms with Gasteiger partial charge in [0.15, 0.2) is 0 Å². The largest absolute Gasteiger partial charge is 0.496 e. The van der Waals surface area contributed by atoms with Gasteiger partial charge in [-0.2, -0.15) is 0 Å². The van der Waals surface area contributed by atoms with Crippen molar-refractivity contribution in [2.45, 2.75) is 6.10 Å². The standard InChI is InChI=1S/C13H18N2O3/c1-17-12-5-3-2-4-11(12)13(16)15-6-7-18-10(8-14)9-15/h2-5,10H,6-9,14H2,1H3. The van der Waals surface area contributed by atoms with Crippen LogP contribution in [0, 0.1) is 0 Å². The molecule has 1 aliphatic rings. The normalized spacial score (nSPS) is 19.7. The van der Waals surface area contributed by atoms with Gasteiger partial charge in [-0.05, 0) is 12.1 Å². The Balaban J connectivity index is 2.15. The minimum Gasteiger partial charge on any atom is -0.496 e. The Morgan fingerprint density at radius 1 is 1.56 bits per heavy atom. The van der Waals surface area contributed by atoms with Gasteiger partial charge in [-0.15, -0.1) is 0 Å². The van der Waals surface area contributed by atoms with E-state index in [-0.39, 0.29) is 12.0 Å². The second kappa shape index (κ2) is 5.84. The third kappa shape index (κ3) is 2.63. The van der Waals surface area contributed by atoms with Gasteiger partial charge in [-0.3, -0.25) is 4.79 Å². The summed E-state index contributed by atoms with van der Waals surface area (Å²) in [6.07, 6.45) is -0.0718. The van der Waals surface area contributed by atoms with Crippen LogP contribution in [0.15, 0.2) is 24.3 Å². The van der Waals surface area contributed by atoms with Crippen molar-refractivity contribution in [3.05, 3.63) is 29.8 Å². The van der Waals surface area contributed by atoms with Crippen molar-refractivity contribution in [3.63, 3.8) is 0 Å². The highest BCUT2D eigenvalue weighted by Crippen LogP contribution is 2.20. The van der Waals surface area contributed by atoms with Gasteiger partial charge < -0.3 is 20.1 Å². The van der Waals surface area contributed by atoms with Crippen LogP contribution in [0.2, 0.25) is 0 Å². The topological polar surface area (TPSA) is 64.8 Å². The predicted molar refractivity (Wildman–Crippen MR) is 67.7 cm³/mol. The Morgan fingerprint density at radius 3 is 3.06 bits per heavy atom. The number of hydrogen-bond acceptors (Lipinski definition) is 4. The van der Waals surface area contributed by atoms with Gasteiger partial charge in [-0.1, -0.05) is 12.1 Å². The Bertz CT molecular complexity index is 422. The molecule has 1 heterocycles. The van der Waals surface area contributed by atoms with Crippen LogP contribution in [-0.4, -0.2) is 50.3 Å². The van der Waals surface area contributed by atoms with E-state index in [2.05, 4.69) is 0 Å². The molecule has 1 aromatic carbocycles. The highest BCUT2D eigenvalue weighted by atomic mass is 16.5. The molecule has 98 valence electrons. The maximum absolute atomic E-state index is 12.4. The van der Waals surface area contributed by atoms with Crippen LogP contribution < -0.4 is 10.5 Å². The van der Waals surface area contributed by atoms with E-state index >= 15 is 0 Å². The summed E-state index contributed by atoms with van der Waals surface area (Å²) >= 11 is 0. The van der Waals surface area contributed by atoms with Gasteiger partial charge in [-0.25, -0.2) is 0 Å². The fraction of sp³-hybridized carbons (Fsp3) is 0.462. The van der Waals surface area contributed by atoms with Crippen LogP contribution in [0.3, 0.4) is 0 Å². The molecule has 1 atom stereocenters. The van der Waals surface area contributed by atoms with Gasteiger partial charge in [0, 0.05) is 19.6 Å². The zero-order valence-electron chi connectivity index (χ0n) is 10.5. The summed E-state index contributed by atoms with van der Waals surface area (Å²) in [6.45, 7) is 2.08. The number of para-hydroxylation sites is 1. The van der Waals surface area contributed by atoms with Crippen LogP contribution in [0.1, 0.15) is 10.4 Å². The number of carbonyl (C=O) groups excluding carboxylic acids is 1. The van der Waals surface area contributed by atoms with Crippen LogP contribution in [0.4, 0.5) is 0 Å². The third-order valence-corrected chi connectivity index (χ3v) is 3.03. The number of rotatable bonds is 3. The Labute approximate surface area is 106 Å². The highest BCUT2D eigenvalue weighted by Gasteiger charge is 2.25. The molecule has 1 aromatic rings. The molecule has 1 fully saturated rings. The molecule has 1 saturated heterocycles. The molecule has 0 aromatic heterocycles. The molecule has 2 N–H and O–H groups in total. The number of methoxy groups -OCH3 is 1. The summed E-state index contributed by atoms with van der Waals surface area (Å²) in [5.74, 6) is 0.562. The smallest absolute Gasteiger partial charge is 0.257 e. The second-order valence-corrected chi connectivity index (χ2v) is 4.18. The van der Waals surface area contributed by atoms with E-state index in [0.29, 0.717) is 37.6 Å². The second-order valence-electron chi connectivity index (χ2n) is 4.18. The summed E-state index contributed by atoms with van der Waals surface area (Å²) in [5.41, 5.74) is 6.15. The lowest BCUT2D eigenvalue weighted by molar-refractivity contribution is -0.0168. The number of benzene rings is 1. The quantitative estimate of drug-likeness (QED) is 0.848. The van der Waals surface area contributed by atoms with Crippen molar-refractivity contribution < 1.29 is 14.3 Å². The molecule has 1 amide bonds. The number of morpholine rings is 1. The molecule has 1 unspecified atom stereocenters. The minimum atomic E-state index is -0.0718. The number of hydrogen-bond donors (Lipinski definition) is 1. The summed E-state index contributed by atoms with van der Waals surface area (Å²) in [4.78, 5) is 14.2. The minimum absolute atomic E-state index is 0.0331. The van der Waals surface area contributed by atoms with E-state index < -0.39 is 0 Å². The zero-order chi connectivity index (χ0) is 13.0. The molecule has 1 aliphatic heterocycles. The monoisotopic (exact) mass is 250 g/mol. The van der Waals surface area contributed by atoms with Gasteiger partial charge >= 0.3 is 0 Å². The van der Waals surface area contributed by atoms with Crippen LogP contribution >= 0.6 is 0 Å². The molecular formula is C13H18N2O3. The summed E-state index contributed by atoms with van der Waals surface area (Å²) in [5, 5.41) is 0. The molecule has 0 aliphatic carbocycles. The van der Waals surface area contributed by atoms with Crippen molar-refractivity contribution >= 4 is 5.91 Å². The first-order valence-corrected chi connectivity index (χ1v) is 6.00. The molecular weight excluding hydrogens is 232 g/mol. The molecule has 0 saturated carbocycles. The maximum atomic E-state index is 12.4. The summed E-state index contributed by atoms with van der Waals surface area (Å²) in [7, 11) is 1.56.